The van der Waals surface area contributed by atoms with E-state index in [0.29, 0.717) is 23.6 Å². The van der Waals surface area contributed by atoms with Crippen LogP contribution in [0.3, 0.4) is 0 Å². The molecular weight excluding hydrogens is 356 g/mol. The zero-order valence-corrected chi connectivity index (χ0v) is 15.8. The van der Waals surface area contributed by atoms with Gasteiger partial charge in [0.25, 0.3) is 10.0 Å². The second-order valence-corrected chi connectivity index (χ2v) is 9.29. The molecule has 0 unspecified atom stereocenters. The fourth-order valence-electron chi connectivity index (χ4n) is 2.98. The van der Waals surface area contributed by atoms with Crippen LogP contribution in [-0.4, -0.2) is 31.7 Å². The number of nitrogens with zero attached hydrogens (tertiary/aromatic N) is 1. The van der Waals surface area contributed by atoms with Gasteiger partial charge in [0, 0.05) is 18.8 Å². The molecule has 1 aliphatic heterocycles. The fourth-order valence-corrected chi connectivity index (χ4v) is 5.65. The van der Waals surface area contributed by atoms with Gasteiger partial charge in [-0.25, -0.2) is 8.42 Å². The normalized spacial score (nSPS) is 18.8. The molecule has 3 rings (SSSR count). The number of hydrogen-bond donors (Lipinski definition) is 1. The monoisotopic (exact) mass is 378 g/mol. The van der Waals surface area contributed by atoms with E-state index in [-0.39, 0.29) is 18.4 Å². The molecular formula is C18H22N2O3S2. The molecule has 5 nitrogen and oxygen atoms in total. The van der Waals surface area contributed by atoms with Gasteiger partial charge in [0.2, 0.25) is 5.91 Å². The standard InChI is InChI=1S/C18H22N2O3S2/c1-2-14-7-9-16(10-8-14)19-18(21)15-5-3-11-20(13-15)25(22,23)17-6-4-12-24-17/h4,6-10,12,15H,2-3,5,11,13H2,1H3,(H,19,21)/t15-/m1/s1. The molecule has 0 radical (unpaired) electrons. The number of nitrogens with one attached hydrogen (secondary N) is 1. The Balaban J connectivity index is 1.67. The predicted molar refractivity (Wildman–Crippen MR) is 100 cm³/mol. The van der Waals surface area contributed by atoms with Crippen LogP contribution in [0.25, 0.3) is 0 Å². The Morgan fingerprint density at radius 3 is 2.68 bits per heavy atom. The molecule has 0 saturated carbocycles. The first kappa shape index (κ1) is 18.1. The summed E-state index contributed by atoms with van der Waals surface area (Å²) in [7, 11) is -3.50. The van der Waals surface area contributed by atoms with Crippen LogP contribution in [0.4, 0.5) is 5.69 Å². The minimum absolute atomic E-state index is 0.115. The van der Waals surface area contributed by atoms with Gasteiger partial charge in [0.15, 0.2) is 0 Å². The number of benzene rings is 1. The lowest BCUT2D eigenvalue weighted by Crippen LogP contribution is -2.43. The number of amides is 1. The van der Waals surface area contributed by atoms with Crippen LogP contribution < -0.4 is 5.32 Å². The van der Waals surface area contributed by atoms with E-state index >= 15 is 0 Å². The van der Waals surface area contributed by atoms with Crippen LogP contribution >= 0.6 is 11.3 Å². The molecule has 0 spiro atoms. The van der Waals surface area contributed by atoms with Crippen LogP contribution in [-0.2, 0) is 21.2 Å². The zero-order chi connectivity index (χ0) is 17.9. The molecule has 2 aromatic rings. The molecule has 25 heavy (non-hydrogen) atoms. The maximum Gasteiger partial charge on any atom is 0.252 e. The summed E-state index contributed by atoms with van der Waals surface area (Å²) in [5.41, 5.74) is 1.96. The summed E-state index contributed by atoms with van der Waals surface area (Å²) in [5.74, 6) is -0.440. The highest BCUT2D eigenvalue weighted by atomic mass is 32.2. The van der Waals surface area contributed by atoms with Crippen LogP contribution in [0.2, 0.25) is 0 Å². The van der Waals surface area contributed by atoms with Gasteiger partial charge in [-0.1, -0.05) is 25.1 Å². The molecule has 1 N–H and O–H groups in total. The van der Waals surface area contributed by atoms with Crippen molar-refractivity contribution in [1.29, 1.82) is 0 Å². The Labute approximate surface area is 152 Å². The highest BCUT2D eigenvalue weighted by Gasteiger charge is 2.33. The minimum Gasteiger partial charge on any atom is -0.326 e. The van der Waals surface area contributed by atoms with Crippen molar-refractivity contribution in [2.24, 2.45) is 5.92 Å². The molecule has 0 aliphatic carbocycles. The average molecular weight is 379 g/mol. The number of thiophene rings is 1. The van der Waals surface area contributed by atoms with E-state index in [9.17, 15) is 13.2 Å². The van der Waals surface area contributed by atoms with E-state index in [4.69, 9.17) is 0 Å². The Bertz CT molecular complexity index is 815. The first-order valence-corrected chi connectivity index (χ1v) is 10.8. The van der Waals surface area contributed by atoms with Gasteiger partial charge in [-0.3, -0.25) is 4.79 Å². The molecule has 0 bridgehead atoms. The number of rotatable bonds is 5. The first-order valence-electron chi connectivity index (χ1n) is 8.44. The molecule has 1 aromatic carbocycles. The summed E-state index contributed by atoms with van der Waals surface area (Å²) in [4.78, 5) is 12.6. The van der Waals surface area contributed by atoms with Gasteiger partial charge in [-0.15, -0.1) is 11.3 Å². The van der Waals surface area contributed by atoms with E-state index in [0.717, 1.165) is 12.1 Å². The Morgan fingerprint density at radius 2 is 2.04 bits per heavy atom. The lowest BCUT2D eigenvalue weighted by Gasteiger charge is -2.30. The number of anilines is 1. The second-order valence-electron chi connectivity index (χ2n) is 6.17. The SMILES string of the molecule is CCc1ccc(NC(=O)[C@@H]2CCCN(S(=O)(=O)c3cccs3)C2)cc1. The molecule has 1 amide bonds. The Morgan fingerprint density at radius 1 is 1.28 bits per heavy atom. The largest absolute Gasteiger partial charge is 0.326 e. The Hall–Kier alpha value is -1.70. The third-order valence-electron chi connectivity index (χ3n) is 4.47. The van der Waals surface area contributed by atoms with E-state index in [2.05, 4.69) is 12.2 Å². The van der Waals surface area contributed by atoms with Crippen LogP contribution in [0.5, 0.6) is 0 Å². The summed E-state index contributed by atoms with van der Waals surface area (Å²) in [6.45, 7) is 2.78. The van der Waals surface area contributed by atoms with Crippen LogP contribution in [0.15, 0.2) is 46.0 Å². The molecule has 1 aliphatic rings. The molecule has 1 aromatic heterocycles. The number of sulfonamides is 1. The van der Waals surface area contributed by atoms with Crippen molar-refractivity contribution in [2.75, 3.05) is 18.4 Å². The maximum atomic E-state index is 12.6. The Kier molecular flexibility index (Phi) is 5.56. The smallest absolute Gasteiger partial charge is 0.252 e. The molecule has 1 fully saturated rings. The first-order chi connectivity index (χ1) is 12.0. The van der Waals surface area contributed by atoms with Gasteiger partial charge >= 0.3 is 0 Å². The fraction of sp³-hybridized carbons (Fsp3) is 0.389. The number of piperidine rings is 1. The topological polar surface area (TPSA) is 66.5 Å². The van der Waals surface area contributed by atoms with Crippen LogP contribution in [0, 0.1) is 5.92 Å². The van der Waals surface area contributed by atoms with Gasteiger partial charge in [0.1, 0.15) is 4.21 Å². The van der Waals surface area contributed by atoms with Crippen LogP contribution in [0.1, 0.15) is 25.3 Å². The average Bonchev–Trinajstić information content (AvgIpc) is 3.18. The van der Waals surface area contributed by atoms with E-state index < -0.39 is 10.0 Å². The van der Waals surface area contributed by atoms with Gasteiger partial charge < -0.3 is 5.32 Å². The summed E-state index contributed by atoms with van der Waals surface area (Å²) in [5, 5.41) is 4.66. The summed E-state index contributed by atoms with van der Waals surface area (Å²) < 4.78 is 27.1. The number of carbonyl (C=O) groups is 1. The van der Waals surface area contributed by atoms with Gasteiger partial charge in [0.05, 0.1) is 5.92 Å². The minimum atomic E-state index is -3.50. The molecule has 134 valence electrons. The lowest BCUT2D eigenvalue weighted by molar-refractivity contribution is -0.120. The van der Waals surface area contributed by atoms with Crippen molar-refractivity contribution in [1.82, 2.24) is 4.31 Å². The van der Waals surface area contributed by atoms with E-state index in [1.54, 1.807) is 17.5 Å². The highest BCUT2D eigenvalue weighted by molar-refractivity contribution is 7.91. The third kappa shape index (κ3) is 4.11. The second kappa shape index (κ2) is 7.68. The predicted octanol–water partition coefficient (Wildman–Crippen LogP) is 3.35. The highest BCUT2D eigenvalue weighted by Crippen LogP contribution is 2.27. The molecule has 7 heteroatoms. The van der Waals surface area contributed by atoms with Crippen molar-refractivity contribution in [3.05, 3.63) is 47.3 Å². The number of hydrogen-bond acceptors (Lipinski definition) is 4. The molecule has 2 heterocycles. The van der Waals surface area contributed by atoms with Crippen molar-refractivity contribution < 1.29 is 13.2 Å². The molecule has 1 atom stereocenters. The summed E-state index contributed by atoms with van der Waals surface area (Å²) >= 11 is 1.21. The summed E-state index contributed by atoms with van der Waals surface area (Å²) in [6, 6.07) is 11.1. The van der Waals surface area contributed by atoms with Crippen molar-refractivity contribution in [3.8, 4) is 0 Å². The number of aryl methyl sites for hydroxylation is 1. The molecule has 1 saturated heterocycles. The lowest BCUT2D eigenvalue weighted by atomic mass is 9.98. The number of carbonyl (C=O) groups excluding carboxylic acids is 1. The van der Waals surface area contributed by atoms with E-state index in [1.807, 2.05) is 24.3 Å². The van der Waals surface area contributed by atoms with Crippen molar-refractivity contribution in [2.45, 2.75) is 30.4 Å². The third-order valence-corrected chi connectivity index (χ3v) is 7.71. The maximum absolute atomic E-state index is 12.6. The summed E-state index contributed by atoms with van der Waals surface area (Å²) in [6.07, 6.45) is 2.35. The van der Waals surface area contributed by atoms with Crippen molar-refractivity contribution in [3.63, 3.8) is 0 Å². The van der Waals surface area contributed by atoms with Gasteiger partial charge in [-0.2, -0.15) is 4.31 Å². The quantitative estimate of drug-likeness (QED) is 0.868. The zero-order valence-electron chi connectivity index (χ0n) is 14.1. The van der Waals surface area contributed by atoms with Crippen molar-refractivity contribution >= 4 is 33.0 Å². The van der Waals surface area contributed by atoms with Gasteiger partial charge in [-0.05, 0) is 48.4 Å². The van der Waals surface area contributed by atoms with E-state index in [1.165, 1.54) is 21.2 Å².